The van der Waals surface area contributed by atoms with E-state index in [1.807, 2.05) is 0 Å². The van der Waals surface area contributed by atoms with E-state index in [-0.39, 0.29) is 10.3 Å². The van der Waals surface area contributed by atoms with Gasteiger partial charge in [-0.1, -0.05) is 26.0 Å². The van der Waals surface area contributed by atoms with E-state index < -0.39 is 16.1 Å². The molecule has 5 heteroatoms. The quantitative estimate of drug-likeness (QED) is 0.933. The van der Waals surface area contributed by atoms with Gasteiger partial charge in [0.1, 0.15) is 0 Å². The maximum absolute atomic E-state index is 12.6. The van der Waals surface area contributed by atoms with Crippen LogP contribution in [-0.4, -0.2) is 30.9 Å². The summed E-state index contributed by atoms with van der Waals surface area (Å²) in [6.45, 7) is 7.10. The van der Waals surface area contributed by atoms with Crippen molar-refractivity contribution < 1.29 is 13.5 Å². The third-order valence-corrected chi connectivity index (χ3v) is 5.95. The smallest absolute Gasteiger partial charge is 0.243 e. The van der Waals surface area contributed by atoms with Crippen LogP contribution >= 0.6 is 0 Å². The van der Waals surface area contributed by atoms with Gasteiger partial charge >= 0.3 is 0 Å². The minimum Gasteiger partial charge on any atom is -0.389 e. The minimum absolute atomic E-state index is 0.216. The van der Waals surface area contributed by atoms with E-state index in [1.54, 1.807) is 35.5 Å². The van der Waals surface area contributed by atoms with Crippen LogP contribution < -0.4 is 0 Å². The van der Waals surface area contributed by atoms with E-state index in [1.165, 1.54) is 0 Å². The van der Waals surface area contributed by atoms with Crippen molar-refractivity contribution in [3.05, 3.63) is 29.8 Å². The van der Waals surface area contributed by atoms with Gasteiger partial charge in [0, 0.05) is 13.1 Å². The second-order valence-electron chi connectivity index (χ2n) is 6.32. The van der Waals surface area contributed by atoms with Crippen molar-refractivity contribution in [3.63, 3.8) is 0 Å². The van der Waals surface area contributed by atoms with E-state index in [0.29, 0.717) is 18.7 Å². The molecule has 1 aromatic rings. The maximum atomic E-state index is 12.6. The zero-order valence-electron chi connectivity index (χ0n) is 12.3. The van der Waals surface area contributed by atoms with Gasteiger partial charge in [-0.15, -0.1) is 0 Å². The molecule has 1 aromatic carbocycles. The lowest BCUT2D eigenvalue weighted by molar-refractivity contribution is 0.195. The van der Waals surface area contributed by atoms with Crippen molar-refractivity contribution in [1.82, 2.24) is 4.31 Å². The molecule has 4 nitrogen and oxygen atoms in total. The Labute approximate surface area is 121 Å². The average Bonchev–Trinajstić information content (AvgIpc) is 2.38. The molecule has 1 saturated heterocycles. The largest absolute Gasteiger partial charge is 0.389 e. The first kappa shape index (κ1) is 15.5. The first-order valence-corrected chi connectivity index (χ1v) is 8.45. The van der Waals surface area contributed by atoms with Crippen LogP contribution in [0.4, 0.5) is 0 Å². The van der Waals surface area contributed by atoms with Crippen molar-refractivity contribution in [2.75, 3.05) is 13.1 Å². The standard InChI is InChI=1S/C15H23NO3S/c1-12(17)13-5-4-6-14(11-13)20(18,19)16-9-7-15(2,3)8-10-16/h4-6,11-12,17H,7-10H2,1-3H3. The Balaban J connectivity index is 2.25. The molecule has 0 aromatic heterocycles. The highest BCUT2D eigenvalue weighted by Gasteiger charge is 2.32. The summed E-state index contributed by atoms with van der Waals surface area (Å²) in [6, 6.07) is 6.59. The van der Waals surface area contributed by atoms with Crippen LogP contribution in [0.15, 0.2) is 29.2 Å². The molecule has 2 rings (SSSR count). The number of benzene rings is 1. The molecule has 1 atom stereocenters. The number of aliphatic hydroxyl groups is 1. The number of hydrogen-bond donors (Lipinski definition) is 1. The molecule has 0 spiro atoms. The van der Waals surface area contributed by atoms with Crippen molar-refractivity contribution in [2.45, 2.75) is 44.6 Å². The summed E-state index contributed by atoms with van der Waals surface area (Å²) in [7, 11) is -3.45. The number of sulfonamides is 1. The van der Waals surface area contributed by atoms with Crippen LogP contribution in [0, 0.1) is 5.41 Å². The van der Waals surface area contributed by atoms with Gasteiger partial charge < -0.3 is 5.11 Å². The van der Waals surface area contributed by atoms with Crippen LogP contribution in [0.3, 0.4) is 0 Å². The molecule has 1 aliphatic heterocycles. The third-order valence-electron chi connectivity index (χ3n) is 4.05. The van der Waals surface area contributed by atoms with Gasteiger partial charge in [0.25, 0.3) is 0 Å². The summed E-state index contributed by atoms with van der Waals surface area (Å²) in [4.78, 5) is 0.274. The molecule has 1 fully saturated rings. The summed E-state index contributed by atoms with van der Waals surface area (Å²) in [5.41, 5.74) is 0.844. The van der Waals surface area contributed by atoms with Crippen LogP contribution in [0.2, 0.25) is 0 Å². The molecule has 0 aliphatic carbocycles. The molecular formula is C15H23NO3S. The first-order chi connectivity index (χ1) is 9.22. The first-order valence-electron chi connectivity index (χ1n) is 7.01. The van der Waals surface area contributed by atoms with Gasteiger partial charge in [-0.2, -0.15) is 4.31 Å². The normalized spacial score (nSPS) is 21.6. The highest BCUT2D eigenvalue weighted by molar-refractivity contribution is 7.89. The number of piperidine rings is 1. The van der Waals surface area contributed by atoms with Crippen LogP contribution in [0.5, 0.6) is 0 Å². The fourth-order valence-electron chi connectivity index (χ4n) is 2.42. The van der Waals surface area contributed by atoms with Crippen molar-refractivity contribution >= 4 is 10.0 Å². The second kappa shape index (κ2) is 5.47. The van der Waals surface area contributed by atoms with Crippen LogP contribution in [-0.2, 0) is 10.0 Å². The lowest BCUT2D eigenvalue weighted by atomic mass is 9.83. The molecule has 1 aliphatic rings. The minimum atomic E-state index is -3.45. The summed E-state index contributed by atoms with van der Waals surface area (Å²) in [5.74, 6) is 0. The third kappa shape index (κ3) is 3.22. The van der Waals surface area contributed by atoms with Gasteiger partial charge in [-0.3, -0.25) is 0 Å². The van der Waals surface area contributed by atoms with Crippen molar-refractivity contribution in [3.8, 4) is 0 Å². The predicted molar refractivity (Wildman–Crippen MR) is 78.8 cm³/mol. The molecule has 1 N–H and O–H groups in total. The van der Waals surface area contributed by atoms with Gasteiger partial charge in [0.2, 0.25) is 10.0 Å². The Morgan fingerprint density at radius 2 is 1.85 bits per heavy atom. The van der Waals surface area contributed by atoms with E-state index in [0.717, 1.165) is 12.8 Å². The van der Waals surface area contributed by atoms with E-state index in [9.17, 15) is 13.5 Å². The van der Waals surface area contributed by atoms with Crippen molar-refractivity contribution in [1.29, 1.82) is 0 Å². The lowest BCUT2D eigenvalue weighted by Crippen LogP contribution is -2.41. The second-order valence-corrected chi connectivity index (χ2v) is 8.25. The van der Waals surface area contributed by atoms with Gasteiger partial charge in [-0.25, -0.2) is 8.42 Å². The van der Waals surface area contributed by atoms with E-state index in [4.69, 9.17) is 0 Å². The summed E-state index contributed by atoms with van der Waals surface area (Å²) < 4.78 is 26.8. The zero-order valence-corrected chi connectivity index (χ0v) is 13.2. The van der Waals surface area contributed by atoms with E-state index >= 15 is 0 Å². The number of aliphatic hydroxyl groups excluding tert-OH is 1. The average molecular weight is 297 g/mol. The molecule has 0 bridgehead atoms. The van der Waals surface area contributed by atoms with Gasteiger partial charge in [-0.05, 0) is 42.9 Å². The molecule has 112 valence electrons. The van der Waals surface area contributed by atoms with Crippen LogP contribution in [0.1, 0.15) is 45.3 Å². The SMILES string of the molecule is CC(O)c1cccc(S(=O)(=O)N2CCC(C)(C)CC2)c1. The van der Waals surface area contributed by atoms with Crippen molar-refractivity contribution in [2.24, 2.45) is 5.41 Å². The van der Waals surface area contributed by atoms with E-state index in [2.05, 4.69) is 13.8 Å². The summed E-state index contributed by atoms with van der Waals surface area (Å²) in [5, 5.41) is 9.58. The maximum Gasteiger partial charge on any atom is 0.243 e. The Kier molecular flexibility index (Phi) is 4.23. The topological polar surface area (TPSA) is 57.6 Å². The molecule has 0 amide bonds. The highest BCUT2D eigenvalue weighted by atomic mass is 32.2. The molecule has 1 heterocycles. The monoisotopic (exact) mass is 297 g/mol. The highest BCUT2D eigenvalue weighted by Crippen LogP contribution is 2.32. The molecule has 0 saturated carbocycles. The summed E-state index contributed by atoms with van der Waals surface area (Å²) in [6.07, 6.45) is 1.09. The summed E-state index contributed by atoms with van der Waals surface area (Å²) >= 11 is 0. The number of hydrogen-bond acceptors (Lipinski definition) is 3. The fourth-order valence-corrected chi connectivity index (χ4v) is 3.91. The molecule has 0 radical (unpaired) electrons. The zero-order chi connectivity index (χ0) is 15.0. The Bertz CT molecular complexity index is 569. The Morgan fingerprint density at radius 1 is 1.25 bits per heavy atom. The van der Waals surface area contributed by atoms with Gasteiger partial charge in [0.15, 0.2) is 0 Å². The van der Waals surface area contributed by atoms with Crippen LogP contribution in [0.25, 0.3) is 0 Å². The van der Waals surface area contributed by atoms with Gasteiger partial charge in [0.05, 0.1) is 11.0 Å². The molecule has 1 unspecified atom stereocenters. The number of rotatable bonds is 3. The lowest BCUT2D eigenvalue weighted by Gasteiger charge is -2.36. The molecular weight excluding hydrogens is 274 g/mol. The molecule has 20 heavy (non-hydrogen) atoms. The number of nitrogens with zero attached hydrogens (tertiary/aromatic N) is 1. The predicted octanol–water partition coefficient (Wildman–Crippen LogP) is 2.55. The Morgan fingerprint density at radius 3 is 2.40 bits per heavy atom. The fraction of sp³-hybridized carbons (Fsp3) is 0.600. The Hall–Kier alpha value is -0.910.